The van der Waals surface area contributed by atoms with E-state index in [-0.39, 0.29) is 5.91 Å². The van der Waals surface area contributed by atoms with E-state index in [4.69, 9.17) is 16.3 Å². The van der Waals surface area contributed by atoms with Crippen molar-refractivity contribution in [2.75, 3.05) is 13.7 Å². The third kappa shape index (κ3) is 3.41. The third-order valence-electron chi connectivity index (χ3n) is 8.82. The summed E-state index contributed by atoms with van der Waals surface area (Å²) >= 11 is 8.04. The lowest BCUT2D eigenvalue weighted by molar-refractivity contribution is 0.0696. The molecule has 1 saturated heterocycles. The van der Waals surface area contributed by atoms with Crippen LogP contribution in [-0.4, -0.2) is 40.1 Å². The van der Waals surface area contributed by atoms with Crippen molar-refractivity contribution >= 4 is 50.0 Å². The van der Waals surface area contributed by atoms with Gasteiger partial charge in [0, 0.05) is 40.2 Å². The summed E-state index contributed by atoms with van der Waals surface area (Å²) in [5.74, 6) is 2.87. The lowest BCUT2D eigenvalue weighted by Crippen LogP contribution is -2.38. The Kier molecular flexibility index (Phi) is 5.16. The van der Waals surface area contributed by atoms with Gasteiger partial charge in [0.15, 0.2) is 0 Å². The first-order valence-electron chi connectivity index (χ1n) is 13.0. The number of methoxy groups -OCH3 is 1. The molecule has 5 nitrogen and oxygen atoms in total. The second kappa shape index (κ2) is 8.22. The topological polar surface area (TPSA) is 47.4 Å². The first kappa shape index (κ1) is 22.6. The van der Waals surface area contributed by atoms with Crippen molar-refractivity contribution in [3.63, 3.8) is 0 Å². The van der Waals surface area contributed by atoms with Gasteiger partial charge in [-0.3, -0.25) is 4.79 Å². The Morgan fingerprint density at radius 3 is 2.72 bits per heavy atom. The zero-order valence-corrected chi connectivity index (χ0v) is 22.5. The molecule has 3 aliphatic rings. The predicted octanol–water partition coefficient (Wildman–Crippen LogP) is 7.17. The van der Waals surface area contributed by atoms with Crippen molar-refractivity contribution in [2.24, 2.45) is 17.8 Å². The molecule has 3 atom stereocenters. The number of likely N-dealkylation sites (tertiary alicyclic amines) is 1. The van der Waals surface area contributed by atoms with E-state index in [2.05, 4.69) is 46.5 Å². The molecule has 0 spiro atoms. The minimum absolute atomic E-state index is 0.142. The molecule has 3 fully saturated rings. The first-order chi connectivity index (χ1) is 17.4. The molecule has 7 heteroatoms. The van der Waals surface area contributed by atoms with Crippen LogP contribution in [0.25, 0.3) is 31.7 Å². The van der Waals surface area contributed by atoms with Gasteiger partial charge in [0.25, 0.3) is 5.91 Å². The second-order valence-corrected chi connectivity index (χ2v) is 12.4. The molecule has 1 aliphatic heterocycles. The summed E-state index contributed by atoms with van der Waals surface area (Å²) in [6.07, 6.45) is 4.91. The number of piperidine rings is 1. The summed E-state index contributed by atoms with van der Waals surface area (Å²) in [5, 5.41) is 2.72. The fourth-order valence-corrected chi connectivity index (χ4v) is 8.05. The smallest absolute Gasteiger partial charge is 0.254 e. The van der Waals surface area contributed by atoms with E-state index >= 15 is 0 Å². The van der Waals surface area contributed by atoms with Crippen molar-refractivity contribution in [3.05, 3.63) is 46.6 Å². The maximum Gasteiger partial charge on any atom is 0.254 e. The standard InChI is InChI=1S/C29H30ClN3O2S/c1-15-19-6-8-21(15)33(14-19)29(34)20-11-23(35-3)26-16(2)27(36-24(26)12-20)22-10-18-7-9-25(30)31-28(18)32(22)13-17-4-5-17/h7,9-12,15,17,19,21H,4-6,8,13-14H2,1-3H3/t15-,19?,21?/m1/s1. The van der Waals surface area contributed by atoms with Gasteiger partial charge in [0.05, 0.1) is 17.7 Å². The van der Waals surface area contributed by atoms with Gasteiger partial charge in [-0.1, -0.05) is 18.5 Å². The molecule has 4 aromatic rings. The predicted molar refractivity (Wildman–Crippen MR) is 146 cm³/mol. The molecule has 7 rings (SSSR count). The lowest BCUT2D eigenvalue weighted by atomic mass is 10.0. The maximum atomic E-state index is 13.6. The van der Waals surface area contributed by atoms with Crippen LogP contribution in [0.15, 0.2) is 30.3 Å². The zero-order chi connectivity index (χ0) is 24.7. The number of ether oxygens (including phenoxy) is 1. The molecule has 3 aromatic heterocycles. The number of hydrogen-bond acceptors (Lipinski definition) is 4. The van der Waals surface area contributed by atoms with Crippen LogP contribution in [0.4, 0.5) is 0 Å². The summed E-state index contributed by atoms with van der Waals surface area (Å²) < 4.78 is 9.31. The monoisotopic (exact) mass is 519 g/mol. The third-order valence-corrected chi connectivity index (χ3v) is 10.3. The van der Waals surface area contributed by atoms with Crippen molar-refractivity contribution in [1.82, 2.24) is 14.5 Å². The van der Waals surface area contributed by atoms with Gasteiger partial charge in [-0.05, 0) is 86.3 Å². The Bertz CT molecular complexity index is 1530. The van der Waals surface area contributed by atoms with Crippen LogP contribution in [0.5, 0.6) is 5.75 Å². The highest BCUT2D eigenvalue weighted by atomic mass is 35.5. The summed E-state index contributed by atoms with van der Waals surface area (Å²) in [6, 6.07) is 10.6. The summed E-state index contributed by atoms with van der Waals surface area (Å²) in [6.45, 7) is 6.31. The number of rotatable bonds is 5. The quantitative estimate of drug-likeness (QED) is 0.263. The van der Waals surface area contributed by atoms with Gasteiger partial charge in [-0.15, -0.1) is 11.3 Å². The van der Waals surface area contributed by atoms with E-state index in [1.807, 2.05) is 12.1 Å². The summed E-state index contributed by atoms with van der Waals surface area (Å²) in [5.41, 5.74) is 4.04. The SMILES string of the molecule is COc1cc(C(=O)N2CC3CCC2[C@@H]3C)cc2sc(-c3cc4ccc(Cl)nc4n3CC3CC3)c(C)c12. The van der Waals surface area contributed by atoms with Gasteiger partial charge >= 0.3 is 0 Å². The number of carbonyl (C=O) groups excluding carboxylic acids is 1. The zero-order valence-electron chi connectivity index (χ0n) is 20.9. The maximum absolute atomic E-state index is 13.6. The van der Waals surface area contributed by atoms with E-state index < -0.39 is 0 Å². The number of pyridine rings is 1. The van der Waals surface area contributed by atoms with Gasteiger partial charge in [-0.2, -0.15) is 0 Å². The second-order valence-electron chi connectivity index (χ2n) is 11.0. The van der Waals surface area contributed by atoms with Crippen LogP contribution < -0.4 is 4.74 Å². The van der Waals surface area contributed by atoms with Crippen LogP contribution in [0.2, 0.25) is 5.15 Å². The van der Waals surface area contributed by atoms with E-state index in [1.54, 1.807) is 18.4 Å². The normalized spacial score (nSPS) is 23.3. The molecule has 186 valence electrons. The number of aromatic nitrogens is 2. The van der Waals surface area contributed by atoms with Gasteiger partial charge in [-0.25, -0.2) is 4.98 Å². The van der Waals surface area contributed by atoms with Crippen LogP contribution in [0, 0.1) is 24.7 Å². The number of carbonyl (C=O) groups is 1. The van der Waals surface area contributed by atoms with E-state index in [0.717, 1.165) is 51.9 Å². The van der Waals surface area contributed by atoms with E-state index in [1.165, 1.54) is 35.4 Å². The number of amides is 1. The number of hydrogen-bond donors (Lipinski definition) is 0. The molecule has 0 radical (unpaired) electrons. The fraction of sp³-hybridized carbons (Fsp3) is 0.448. The lowest BCUT2D eigenvalue weighted by Gasteiger charge is -2.27. The highest BCUT2D eigenvalue weighted by Crippen LogP contribution is 2.47. The molecular weight excluding hydrogens is 490 g/mol. The molecule has 2 saturated carbocycles. The van der Waals surface area contributed by atoms with Crippen LogP contribution in [-0.2, 0) is 6.54 Å². The number of thiophene rings is 1. The summed E-state index contributed by atoms with van der Waals surface area (Å²) in [7, 11) is 1.70. The number of benzene rings is 1. The summed E-state index contributed by atoms with van der Waals surface area (Å²) in [4.78, 5) is 21.6. The van der Waals surface area contributed by atoms with Gasteiger partial charge in [0.1, 0.15) is 16.5 Å². The highest BCUT2D eigenvalue weighted by molar-refractivity contribution is 7.22. The average Bonchev–Trinajstić information content (AvgIpc) is 3.29. The molecule has 1 amide bonds. The van der Waals surface area contributed by atoms with Gasteiger partial charge in [0.2, 0.25) is 0 Å². The van der Waals surface area contributed by atoms with E-state index in [0.29, 0.717) is 28.9 Å². The van der Waals surface area contributed by atoms with Crippen LogP contribution >= 0.6 is 22.9 Å². The minimum Gasteiger partial charge on any atom is -0.496 e. The largest absolute Gasteiger partial charge is 0.496 e. The Labute approximate surface area is 220 Å². The number of fused-ring (bicyclic) bond motifs is 4. The molecule has 1 aromatic carbocycles. The minimum atomic E-state index is 0.142. The van der Waals surface area contributed by atoms with Crippen molar-refractivity contribution in [1.29, 1.82) is 0 Å². The average molecular weight is 520 g/mol. The van der Waals surface area contributed by atoms with Crippen LogP contribution in [0.3, 0.4) is 0 Å². The Balaban J connectivity index is 1.35. The fourth-order valence-electron chi connectivity index (χ4n) is 6.61. The Morgan fingerprint density at radius 1 is 1.19 bits per heavy atom. The molecule has 0 N–H and O–H groups in total. The van der Waals surface area contributed by atoms with Crippen molar-refractivity contribution in [3.8, 4) is 16.3 Å². The molecule has 2 aliphatic carbocycles. The van der Waals surface area contributed by atoms with Crippen molar-refractivity contribution in [2.45, 2.75) is 52.1 Å². The first-order valence-corrected chi connectivity index (χ1v) is 14.2. The van der Waals surface area contributed by atoms with Crippen molar-refractivity contribution < 1.29 is 9.53 Å². The molecule has 2 unspecified atom stereocenters. The number of aryl methyl sites for hydroxylation is 1. The molecule has 2 bridgehead atoms. The Hall–Kier alpha value is -2.57. The highest BCUT2D eigenvalue weighted by Gasteiger charge is 2.46. The van der Waals surface area contributed by atoms with Crippen LogP contribution in [0.1, 0.15) is 48.5 Å². The molecule has 36 heavy (non-hydrogen) atoms. The number of halogens is 1. The van der Waals surface area contributed by atoms with Gasteiger partial charge < -0.3 is 14.2 Å². The molecular formula is C29H30ClN3O2S. The Morgan fingerprint density at radius 2 is 2.03 bits per heavy atom. The molecule has 4 heterocycles. The van der Waals surface area contributed by atoms with E-state index in [9.17, 15) is 4.79 Å². The number of nitrogens with zero attached hydrogens (tertiary/aromatic N) is 3.